The van der Waals surface area contributed by atoms with Gasteiger partial charge in [-0.2, -0.15) is 8.42 Å². The zero-order chi connectivity index (χ0) is 21.1. The van der Waals surface area contributed by atoms with Crippen LogP contribution in [0.15, 0.2) is 0 Å². The van der Waals surface area contributed by atoms with E-state index in [1.807, 2.05) is 20.8 Å². The Labute approximate surface area is 162 Å². The summed E-state index contributed by atoms with van der Waals surface area (Å²) in [5.41, 5.74) is 0. The van der Waals surface area contributed by atoms with Crippen molar-refractivity contribution in [1.29, 1.82) is 0 Å². The number of carboxylic acids is 2. The molecule has 27 heavy (non-hydrogen) atoms. The van der Waals surface area contributed by atoms with Crippen molar-refractivity contribution in [1.82, 2.24) is 0 Å². The van der Waals surface area contributed by atoms with E-state index < -0.39 is 39.1 Å². The lowest BCUT2D eigenvalue weighted by atomic mass is 9.81. The molecule has 0 aromatic heterocycles. The Bertz CT molecular complexity index is 560. The quantitative estimate of drug-likeness (QED) is 0.260. The number of rotatable bonds is 16. The van der Waals surface area contributed by atoms with Gasteiger partial charge in [0.25, 0.3) is 10.1 Å². The van der Waals surface area contributed by atoms with E-state index in [2.05, 4.69) is 0 Å². The molecule has 9 heteroatoms. The smallest absolute Gasteiger partial charge is 0.328 e. The van der Waals surface area contributed by atoms with Crippen LogP contribution >= 0.6 is 0 Å². The molecule has 8 nitrogen and oxygen atoms in total. The first kappa shape index (κ1) is 25.8. The van der Waals surface area contributed by atoms with Crippen LogP contribution in [0.5, 0.6) is 0 Å². The summed E-state index contributed by atoms with van der Waals surface area (Å²) in [5, 5.41) is 18.7. The molecule has 0 spiro atoms. The lowest BCUT2D eigenvalue weighted by Crippen LogP contribution is -2.53. The van der Waals surface area contributed by atoms with E-state index >= 15 is 0 Å². The average Bonchev–Trinajstić information content (AvgIpc) is 2.54. The second-order valence-corrected chi connectivity index (χ2v) is 8.66. The van der Waals surface area contributed by atoms with E-state index in [0.29, 0.717) is 25.9 Å². The lowest BCUT2D eigenvalue weighted by Gasteiger charge is -2.33. The van der Waals surface area contributed by atoms with E-state index in [-0.39, 0.29) is 18.9 Å². The van der Waals surface area contributed by atoms with Crippen LogP contribution in [0.25, 0.3) is 0 Å². The molecule has 3 atom stereocenters. The summed E-state index contributed by atoms with van der Waals surface area (Å²) >= 11 is 0. The predicted octanol–water partition coefficient (Wildman–Crippen LogP) is 3.35. The summed E-state index contributed by atoms with van der Waals surface area (Å²) in [7, 11) is -5.11. The molecule has 0 amide bonds. The summed E-state index contributed by atoms with van der Waals surface area (Å²) in [4.78, 5) is 23.0. The van der Waals surface area contributed by atoms with E-state index in [1.54, 1.807) is 0 Å². The Hall–Kier alpha value is -1.19. The average molecular weight is 411 g/mol. The maximum Gasteiger partial charge on any atom is 0.328 e. The van der Waals surface area contributed by atoms with Gasteiger partial charge >= 0.3 is 11.9 Å². The predicted molar refractivity (Wildman–Crippen MR) is 101 cm³/mol. The maximum absolute atomic E-state index is 12.0. The number of carbonyl (C=O) groups is 2. The van der Waals surface area contributed by atoms with Gasteiger partial charge in [0.2, 0.25) is 4.75 Å². The monoisotopic (exact) mass is 410 g/mol. The molecule has 0 radical (unpaired) electrons. The minimum atomic E-state index is -5.11. The standard InChI is InChI=1S/C18H34O8S/c1-4-6-11-15(12-9-7-8-10-14(3)26-5-2)18(17(21)22,13-16(19)20)27(23,24)25/h14-15H,4-13H2,1-3H3,(H,19,20)(H,21,22)(H,23,24,25). The van der Waals surface area contributed by atoms with Crippen LogP contribution in [0.3, 0.4) is 0 Å². The van der Waals surface area contributed by atoms with Gasteiger partial charge < -0.3 is 14.9 Å². The third kappa shape index (κ3) is 8.15. The second-order valence-electron chi connectivity index (χ2n) is 6.98. The van der Waals surface area contributed by atoms with E-state index in [0.717, 1.165) is 19.3 Å². The first-order valence-corrected chi connectivity index (χ1v) is 11.0. The van der Waals surface area contributed by atoms with Crippen molar-refractivity contribution in [2.24, 2.45) is 5.92 Å². The van der Waals surface area contributed by atoms with Crippen LogP contribution in [-0.4, -0.2) is 52.6 Å². The Balaban J connectivity index is 5.28. The molecule has 0 saturated carbocycles. The van der Waals surface area contributed by atoms with Gasteiger partial charge in [-0.25, -0.2) is 0 Å². The third-order valence-electron chi connectivity index (χ3n) is 4.92. The highest BCUT2D eigenvalue weighted by molar-refractivity contribution is 7.88. The van der Waals surface area contributed by atoms with Gasteiger partial charge in [0.15, 0.2) is 0 Å². The molecule has 0 aliphatic rings. The highest BCUT2D eigenvalue weighted by atomic mass is 32.2. The van der Waals surface area contributed by atoms with E-state index in [9.17, 15) is 27.7 Å². The van der Waals surface area contributed by atoms with Gasteiger partial charge in [-0.15, -0.1) is 0 Å². The molecule has 0 saturated heterocycles. The van der Waals surface area contributed by atoms with E-state index in [1.165, 1.54) is 0 Å². The molecule has 3 unspecified atom stereocenters. The van der Waals surface area contributed by atoms with Crippen molar-refractivity contribution in [3.05, 3.63) is 0 Å². The fourth-order valence-corrected chi connectivity index (χ4v) is 4.64. The molecule has 0 rings (SSSR count). The van der Waals surface area contributed by atoms with Crippen molar-refractivity contribution >= 4 is 22.1 Å². The molecule has 0 aromatic carbocycles. The largest absolute Gasteiger partial charge is 0.481 e. The Kier molecular flexibility index (Phi) is 11.8. The first-order chi connectivity index (χ1) is 12.5. The van der Waals surface area contributed by atoms with Gasteiger partial charge in [0.05, 0.1) is 12.5 Å². The maximum atomic E-state index is 12.0. The lowest BCUT2D eigenvalue weighted by molar-refractivity contribution is -0.148. The second kappa shape index (κ2) is 12.3. The van der Waals surface area contributed by atoms with Crippen LogP contribution in [0.1, 0.15) is 78.6 Å². The zero-order valence-electron chi connectivity index (χ0n) is 16.5. The molecule has 160 valence electrons. The van der Waals surface area contributed by atoms with Crippen LogP contribution < -0.4 is 0 Å². The molecule has 0 aliphatic heterocycles. The zero-order valence-corrected chi connectivity index (χ0v) is 17.3. The molecule has 0 heterocycles. The third-order valence-corrected chi connectivity index (χ3v) is 6.49. The number of hydrogen-bond donors (Lipinski definition) is 3. The number of hydrogen-bond acceptors (Lipinski definition) is 5. The van der Waals surface area contributed by atoms with Crippen LogP contribution in [0.4, 0.5) is 0 Å². The molecular formula is C18H34O8S. The van der Waals surface area contributed by atoms with Crippen LogP contribution in [-0.2, 0) is 24.4 Å². The van der Waals surface area contributed by atoms with Crippen molar-refractivity contribution in [3.8, 4) is 0 Å². The molecule has 0 aromatic rings. The van der Waals surface area contributed by atoms with Gasteiger partial charge in [0, 0.05) is 6.61 Å². The molecule has 0 bridgehead atoms. The minimum absolute atomic E-state index is 0.119. The number of unbranched alkanes of at least 4 members (excludes halogenated alkanes) is 3. The van der Waals surface area contributed by atoms with Crippen LogP contribution in [0.2, 0.25) is 0 Å². The fourth-order valence-electron chi connectivity index (χ4n) is 3.46. The van der Waals surface area contributed by atoms with Crippen molar-refractivity contribution in [2.75, 3.05) is 6.61 Å². The first-order valence-electron chi connectivity index (χ1n) is 9.56. The van der Waals surface area contributed by atoms with Crippen molar-refractivity contribution in [2.45, 2.75) is 89.4 Å². The topological polar surface area (TPSA) is 138 Å². The highest BCUT2D eigenvalue weighted by Crippen LogP contribution is 2.38. The van der Waals surface area contributed by atoms with Gasteiger partial charge in [-0.05, 0) is 39.0 Å². The molecular weight excluding hydrogens is 376 g/mol. The molecule has 0 fully saturated rings. The summed E-state index contributed by atoms with van der Waals surface area (Å²) in [5.74, 6) is -4.34. The highest BCUT2D eigenvalue weighted by Gasteiger charge is 2.57. The van der Waals surface area contributed by atoms with Gasteiger partial charge in [-0.1, -0.05) is 39.0 Å². The Morgan fingerprint density at radius 3 is 2.00 bits per heavy atom. The molecule has 3 N–H and O–H groups in total. The van der Waals surface area contributed by atoms with Crippen molar-refractivity contribution in [3.63, 3.8) is 0 Å². The molecule has 0 aliphatic carbocycles. The Morgan fingerprint density at radius 1 is 1.00 bits per heavy atom. The number of ether oxygens (including phenoxy) is 1. The van der Waals surface area contributed by atoms with Gasteiger partial charge in [0.1, 0.15) is 0 Å². The summed E-state index contributed by atoms with van der Waals surface area (Å²) in [6, 6.07) is 0. The summed E-state index contributed by atoms with van der Waals surface area (Å²) in [6.07, 6.45) is 3.65. The summed E-state index contributed by atoms with van der Waals surface area (Å²) in [6.45, 7) is 6.39. The number of carboxylic acid groups (broad SMARTS) is 2. The number of aliphatic carboxylic acids is 2. The SMILES string of the molecule is CCCCC(CCCCCC(C)OCC)C(CC(=O)O)(C(=O)O)S(=O)(=O)O. The van der Waals surface area contributed by atoms with Gasteiger partial charge in [-0.3, -0.25) is 14.1 Å². The fraction of sp³-hybridized carbons (Fsp3) is 0.889. The van der Waals surface area contributed by atoms with E-state index in [4.69, 9.17) is 9.84 Å². The van der Waals surface area contributed by atoms with Crippen LogP contribution in [0, 0.1) is 5.92 Å². The Morgan fingerprint density at radius 2 is 1.56 bits per heavy atom. The minimum Gasteiger partial charge on any atom is -0.481 e. The van der Waals surface area contributed by atoms with Crippen molar-refractivity contribution < 1.29 is 37.5 Å². The summed E-state index contributed by atoms with van der Waals surface area (Å²) < 4.78 is 36.3. The normalized spacial score (nSPS) is 16.4.